The smallest absolute Gasteiger partial charge is 0.243 e. The predicted octanol–water partition coefficient (Wildman–Crippen LogP) is 1.97. The van der Waals surface area contributed by atoms with Crippen LogP contribution in [-0.4, -0.2) is 52.7 Å². The molecule has 1 aromatic carbocycles. The average Bonchev–Trinajstić information content (AvgIpc) is 3.04. The number of ether oxygens (including phenoxy) is 1. The van der Waals surface area contributed by atoms with E-state index in [1.165, 1.54) is 0 Å². The van der Waals surface area contributed by atoms with E-state index in [1.54, 1.807) is 13.3 Å². The zero-order chi connectivity index (χ0) is 16.8. The first-order valence-electron chi connectivity index (χ1n) is 8.12. The van der Waals surface area contributed by atoms with E-state index in [0.29, 0.717) is 18.9 Å². The van der Waals surface area contributed by atoms with E-state index in [0.717, 1.165) is 42.9 Å². The van der Waals surface area contributed by atoms with E-state index < -0.39 is 0 Å². The molecule has 0 saturated carbocycles. The molecule has 0 aliphatic carbocycles. The summed E-state index contributed by atoms with van der Waals surface area (Å²) in [7, 11) is 1.64. The molecular formula is C17H21N5O2. The molecule has 0 spiro atoms. The van der Waals surface area contributed by atoms with Crippen LogP contribution in [-0.2, 0) is 4.79 Å². The molecular weight excluding hydrogens is 306 g/mol. The first-order valence-corrected chi connectivity index (χ1v) is 8.12. The van der Waals surface area contributed by atoms with E-state index in [1.807, 2.05) is 29.2 Å². The Balaban J connectivity index is 1.53. The minimum atomic E-state index is 0.259. The van der Waals surface area contributed by atoms with E-state index in [9.17, 15) is 4.79 Å². The number of hydrogen-bond acceptors (Lipinski definition) is 6. The summed E-state index contributed by atoms with van der Waals surface area (Å²) < 4.78 is 5.16. The fourth-order valence-corrected chi connectivity index (χ4v) is 2.69. The molecule has 1 N–H and O–H groups in total. The standard InChI is InChI=1S/C17H21N5O2/c1-24-14-7-5-13(6-8-14)15-12-19-21-17(20-15)18-9-3-11-22-10-2-4-16(22)23/h5-8,12H,2-4,9-11H2,1H3,(H,18,20,21). The van der Waals surface area contributed by atoms with Crippen LogP contribution in [0.2, 0.25) is 0 Å². The van der Waals surface area contributed by atoms with Crippen molar-refractivity contribution in [2.24, 2.45) is 0 Å². The zero-order valence-corrected chi connectivity index (χ0v) is 13.7. The quantitative estimate of drug-likeness (QED) is 0.783. The molecule has 0 atom stereocenters. The monoisotopic (exact) mass is 327 g/mol. The number of methoxy groups -OCH3 is 1. The molecule has 3 rings (SSSR count). The summed E-state index contributed by atoms with van der Waals surface area (Å²) in [6.45, 7) is 2.36. The molecule has 7 heteroatoms. The Kier molecular flexibility index (Phi) is 5.20. The summed E-state index contributed by atoms with van der Waals surface area (Å²) in [6.07, 6.45) is 4.16. The summed E-state index contributed by atoms with van der Waals surface area (Å²) in [5, 5.41) is 11.2. The van der Waals surface area contributed by atoms with Gasteiger partial charge < -0.3 is 15.0 Å². The van der Waals surface area contributed by atoms with Crippen LogP contribution >= 0.6 is 0 Å². The van der Waals surface area contributed by atoms with Gasteiger partial charge in [0.2, 0.25) is 11.9 Å². The van der Waals surface area contributed by atoms with Crippen LogP contribution in [0.1, 0.15) is 19.3 Å². The van der Waals surface area contributed by atoms with Gasteiger partial charge in [0, 0.05) is 31.6 Å². The lowest BCUT2D eigenvalue weighted by atomic mass is 10.1. The molecule has 0 unspecified atom stereocenters. The van der Waals surface area contributed by atoms with Crippen molar-refractivity contribution >= 4 is 11.9 Å². The van der Waals surface area contributed by atoms with Crippen molar-refractivity contribution in [1.82, 2.24) is 20.1 Å². The Labute approximate surface area is 141 Å². The minimum Gasteiger partial charge on any atom is -0.497 e. The Morgan fingerprint density at radius 1 is 1.29 bits per heavy atom. The number of nitrogens with zero attached hydrogens (tertiary/aromatic N) is 4. The number of carbonyl (C=O) groups is 1. The molecule has 2 heterocycles. The highest BCUT2D eigenvalue weighted by Gasteiger charge is 2.18. The van der Waals surface area contributed by atoms with Crippen molar-refractivity contribution in [3.8, 4) is 17.0 Å². The second kappa shape index (κ2) is 7.72. The van der Waals surface area contributed by atoms with Gasteiger partial charge in [-0.15, -0.1) is 5.10 Å². The Morgan fingerprint density at radius 2 is 2.12 bits per heavy atom. The number of rotatable bonds is 7. The number of benzene rings is 1. The van der Waals surface area contributed by atoms with E-state index in [2.05, 4.69) is 20.5 Å². The van der Waals surface area contributed by atoms with Crippen molar-refractivity contribution in [2.75, 3.05) is 32.1 Å². The molecule has 1 aliphatic rings. The van der Waals surface area contributed by atoms with Crippen molar-refractivity contribution in [1.29, 1.82) is 0 Å². The van der Waals surface area contributed by atoms with Gasteiger partial charge >= 0.3 is 0 Å². The van der Waals surface area contributed by atoms with Crippen molar-refractivity contribution in [3.63, 3.8) is 0 Å². The fraction of sp³-hybridized carbons (Fsp3) is 0.412. The van der Waals surface area contributed by atoms with Gasteiger partial charge in [-0.25, -0.2) is 4.98 Å². The lowest BCUT2D eigenvalue weighted by Gasteiger charge is -2.15. The van der Waals surface area contributed by atoms with Crippen molar-refractivity contribution in [3.05, 3.63) is 30.5 Å². The summed E-state index contributed by atoms with van der Waals surface area (Å²) >= 11 is 0. The number of likely N-dealkylation sites (tertiary alicyclic amines) is 1. The van der Waals surface area contributed by atoms with Crippen LogP contribution in [0.25, 0.3) is 11.3 Å². The second-order valence-electron chi connectivity index (χ2n) is 5.66. The highest BCUT2D eigenvalue weighted by molar-refractivity contribution is 5.78. The van der Waals surface area contributed by atoms with Crippen molar-refractivity contribution in [2.45, 2.75) is 19.3 Å². The maximum atomic E-state index is 11.5. The number of carbonyl (C=O) groups excluding carboxylic acids is 1. The Hall–Kier alpha value is -2.70. The molecule has 2 aromatic rings. The average molecular weight is 327 g/mol. The fourth-order valence-electron chi connectivity index (χ4n) is 2.69. The van der Waals surface area contributed by atoms with Gasteiger partial charge in [0.05, 0.1) is 19.0 Å². The van der Waals surface area contributed by atoms with Crippen LogP contribution in [0.5, 0.6) is 5.75 Å². The van der Waals surface area contributed by atoms with Crippen molar-refractivity contribution < 1.29 is 9.53 Å². The van der Waals surface area contributed by atoms with Crippen LogP contribution in [0.15, 0.2) is 30.5 Å². The molecule has 0 radical (unpaired) electrons. The molecule has 1 fully saturated rings. The Morgan fingerprint density at radius 3 is 2.83 bits per heavy atom. The first kappa shape index (κ1) is 16.2. The normalized spacial score (nSPS) is 14.0. The molecule has 1 aromatic heterocycles. The molecule has 24 heavy (non-hydrogen) atoms. The molecule has 0 bridgehead atoms. The molecule has 126 valence electrons. The lowest BCUT2D eigenvalue weighted by molar-refractivity contribution is -0.127. The summed E-state index contributed by atoms with van der Waals surface area (Å²) in [5.74, 6) is 1.56. The van der Waals surface area contributed by atoms with E-state index in [4.69, 9.17) is 4.74 Å². The van der Waals surface area contributed by atoms with Gasteiger partial charge in [-0.05, 0) is 37.1 Å². The largest absolute Gasteiger partial charge is 0.497 e. The zero-order valence-electron chi connectivity index (χ0n) is 13.7. The van der Waals surface area contributed by atoms with Gasteiger partial charge in [-0.1, -0.05) is 0 Å². The van der Waals surface area contributed by atoms with Gasteiger partial charge in [0.15, 0.2) is 0 Å². The van der Waals surface area contributed by atoms with Gasteiger partial charge in [0.25, 0.3) is 0 Å². The van der Waals surface area contributed by atoms with Crippen LogP contribution in [0.3, 0.4) is 0 Å². The maximum absolute atomic E-state index is 11.5. The van der Waals surface area contributed by atoms with E-state index in [-0.39, 0.29) is 5.91 Å². The number of nitrogens with one attached hydrogen (secondary N) is 1. The highest BCUT2D eigenvalue weighted by Crippen LogP contribution is 2.20. The topological polar surface area (TPSA) is 80.2 Å². The van der Waals surface area contributed by atoms with Crippen LogP contribution in [0, 0.1) is 0 Å². The summed E-state index contributed by atoms with van der Waals surface area (Å²) in [6, 6.07) is 7.65. The first-order chi connectivity index (χ1) is 11.8. The van der Waals surface area contributed by atoms with Gasteiger partial charge in [0.1, 0.15) is 5.75 Å². The van der Waals surface area contributed by atoms with Crippen LogP contribution < -0.4 is 10.1 Å². The minimum absolute atomic E-state index is 0.259. The lowest BCUT2D eigenvalue weighted by Crippen LogP contribution is -2.27. The third-order valence-electron chi connectivity index (χ3n) is 4.00. The highest BCUT2D eigenvalue weighted by atomic mass is 16.5. The summed E-state index contributed by atoms with van der Waals surface area (Å²) in [5.41, 5.74) is 1.71. The number of aromatic nitrogens is 3. The maximum Gasteiger partial charge on any atom is 0.243 e. The predicted molar refractivity (Wildman–Crippen MR) is 90.7 cm³/mol. The number of anilines is 1. The third kappa shape index (κ3) is 3.98. The molecule has 1 amide bonds. The summed E-state index contributed by atoms with van der Waals surface area (Å²) in [4.78, 5) is 17.9. The second-order valence-corrected chi connectivity index (χ2v) is 5.66. The van der Waals surface area contributed by atoms with Crippen LogP contribution in [0.4, 0.5) is 5.95 Å². The van der Waals surface area contributed by atoms with E-state index >= 15 is 0 Å². The Bertz CT molecular complexity index is 690. The molecule has 1 saturated heterocycles. The molecule has 7 nitrogen and oxygen atoms in total. The number of amides is 1. The third-order valence-corrected chi connectivity index (χ3v) is 4.00. The van der Waals surface area contributed by atoms with Gasteiger partial charge in [-0.3, -0.25) is 4.79 Å². The van der Waals surface area contributed by atoms with Gasteiger partial charge in [-0.2, -0.15) is 5.10 Å². The molecule has 1 aliphatic heterocycles. The number of hydrogen-bond donors (Lipinski definition) is 1. The SMILES string of the molecule is COc1ccc(-c2cnnc(NCCCN3CCCC3=O)n2)cc1.